The predicted octanol–water partition coefficient (Wildman–Crippen LogP) is 6.23. The van der Waals surface area contributed by atoms with E-state index in [0.717, 1.165) is 11.1 Å². The first kappa shape index (κ1) is 25.0. The topological polar surface area (TPSA) is 76.1 Å². The smallest absolute Gasteiger partial charge is 0.300 e. The number of carbonyl (C=O) groups is 2. The Balaban J connectivity index is 1.90. The number of nitrogens with zero attached hydrogens (tertiary/aromatic N) is 1. The zero-order chi connectivity index (χ0) is 25.8. The van der Waals surface area contributed by atoms with E-state index in [2.05, 4.69) is 13.8 Å². The van der Waals surface area contributed by atoms with Gasteiger partial charge in [-0.3, -0.25) is 14.5 Å². The number of hydrogen-bond acceptors (Lipinski definition) is 5. The van der Waals surface area contributed by atoms with E-state index in [9.17, 15) is 14.7 Å². The number of anilines is 1. The molecule has 1 amide bonds. The summed E-state index contributed by atoms with van der Waals surface area (Å²) in [7, 11) is 0. The molecule has 1 heterocycles. The summed E-state index contributed by atoms with van der Waals surface area (Å²) in [6, 6.07) is 21.1. The number of aliphatic hydroxyl groups excluding tert-OH is 1. The lowest BCUT2D eigenvalue weighted by Crippen LogP contribution is -2.29. The van der Waals surface area contributed by atoms with Gasteiger partial charge in [0.05, 0.1) is 30.4 Å². The zero-order valence-electron chi connectivity index (χ0n) is 21.0. The molecule has 0 radical (unpaired) electrons. The number of hydrogen-bond donors (Lipinski definition) is 1. The van der Waals surface area contributed by atoms with Gasteiger partial charge in [-0.05, 0) is 55.2 Å². The summed E-state index contributed by atoms with van der Waals surface area (Å²) in [4.78, 5) is 28.3. The Morgan fingerprint density at radius 3 is 2.19 bits per heavy atom. The van der Waals surface area contributed by atoms with Crippen LogP contribution in [0.1, 0.15) is 56.3 Å². The molecule has 1 atom stereocenters. The number of ketones is 1. The molecule has 3 aromatic rings. The molecule has 6 nitrogen and oxygen atoms in total. The van der Waals surface area contributed by atoms with E-state index in [-0.39, 0.29) is 11.3 Å². The van der Waals surface area contributed by atoms with Gasteiger partial charge in [-0.2, -0.15) is 0 Å². The molecular formula is C30H31NO5. The quantitative estimate of drug-likeness (QED) is 0.232. The third kappa shape index (κ3) is 4.71. The van der Waals surface area contributed by atoms with Crippen LogP contribution in [0.3, 0.4) is 0 Å². The third-order valence-electron chi connectivity index (χ3n) is 6.22. The third-order valence-corrected chi connectivity index (χ3v) is 6.22. The molecule has 0 aromatic heterocycles. The molecule has 1 saturated heterocycles. The minimum Gasteiger partial charge on any atom is -0.507 e. The first-order valence-electron chi connectivity index (χ1n) is 12.2. The first-order chi connectivity index (χ1) is 17.4. The van der Waals surface area contributed by atoms with Crippen molar-refractivity contribution >= 4 is 23.1 Å². The summed E-state index contributed by atoms with van der Waals surface area (Å²) in [5, 5.41) is 11.5. The minimum atomic E-state index is -0.794. The van der Waals surface area contributed by atoms with Crippen molar-refractivity contribution in [2.24, 2.45) is 0 Å². The van der Waals surface area contributed by atoms with Crippen LogP contribution in [-0.2, 0) is 9.59 Å². The van der Waals surface area contributed by atoms with Crippen LogP contribution in [0.15, 0.2) is 78.4 Å². The highest BCUT2D eigenvalue weighted by molar-refractivity contribution is 6.51. The van der Waals surface area contributed by atoms with E-state index in [4.69, 9.17) is 9.47 Å². The Bertz CT molecular complexity index is 1280. The van der Waals surface area contributed by atoms with Gasteiger partial charge in [0, 0.05) is 11.8 Å². The summed E-state index contributed by atoms with van der Waals surface area (Å²) in [6.45, 7) is 8.74. The Morgan fingerprint density at radius 2 is 1.58 bits per heavy atom. The fourth-order valence-electron chi connectivity index (χ4n) is 4.44. The number of amides is 1. The second kappa shape index (κ2) is 10.7. The molecule has 186 valence electrons. The number of benzene rings is 3. The summed E-state index contributed by atoms with van der Waals surface area (Å²) < 4.78 is 11.3. The molecule has 3 aromatic carbocycles. The van der Waals surface area contributed by atoms with Crippen LogP contribution in [0, 0.1) is 0 Å². The highest BCUT2D eigenvalue weighted by atomic mass is 16.5. The van der Waals surface area contributed by atoms with E-state index in [1.54, 1.807) is 18.2 Å². The molecule has 4 rings (SSSR count). The first-order valence-corrected chi connectivity index (χ1v) is 12.2. The molecule has 1 N–H and O–H groups in total. The lowest BCUT2D eigenvalue weighted by Gasteiger charge is -2.26. The molecule has 6 heteroatoms. The predicted molar refractivity (Wildman–Crippen MR) is 141 cm³/mol. The van der Waals surface area contributed by atoms with Gasteiger partial charge in [0.1, 0.15) is 17.3 Å². The molecule has 0 spiro atoms. The van der Waals surface area contributed by atoms with E-state index in [1.807, 2.05) is 68.4 Å². The van der Waals surface area contributed by atoms with Crippen LogP contribution < -0.4 is 14.4 Å². The van der Waals surface area contributed by atoms with Crippen molar-refractivity contribution in [3.63, 3.8) is 0 Å². The molecule has 36 heavy (non-hydrogen) atoms. The Kier molecular flexibility index (Phi) is 7.44. The lowest BCUT2D eigenvalue weighted by molar-refractivity contribution is -0.132. The van der Waals surface area contributed by atoms with Crippen molar-refractivity contribution in [1.82, 2.24) is 0 Å². The molecule has 0 aliphatic carbocycles. The average molecular weight is 486 g/mol. The summed E-state index contributed by atoms with van der Waals surface area (Å²) in [5.74, 6) is -0.425. The van der Waals surface area contributed by atoms with Crippen molar-refractivity contribution in [2.75, 3.05) is 18.1 Å². The van der Waals surface area contributed by atoms with Gasteiger partial charge in [-0.25, -0.2) is 0 Å². The second-order valence-corrected chi connectivity index (χ2v) is 8.85. The van der Waals surface area contributed by atoms with E-state index in [1.165, 1.54) is 4.90 Å². The van der Waals surface area contributed by atoms with Crippen molar-refractivity contribution in [2.45, 2.75) is 39.7 Å². The number of Topliss-reactive ketones (excluding diaryl/α,β-unsaturated/α-hetero) is 1. The van der Waals surface area contributed by atoms with Crippen LogP contribution >= 0.6 is 0 Å². The standard InChI is InChI=1S/C30H31NO5/c1-5-35-23-16-17-24(25(18-23)36-6-2)28(32)26-27(21-10-8-7-9-11-21)31(30(34)29(26)33)22-14-12-20(13-15-22)19(3)4/h7-19,27,32H,5-6H2,1-4H3/b28-26-. The monoisotopic (exact) mass is 485 g/mol. The second-order valence-electron chi connectivity index (χ2n) is 8.85. The molecule has 1 aliphatic rings. The van der Waals surface area contributed by atoms with Gasteiger partial charge in [0.15, 0.2) is 0 Å². The van der Waals surface area contributed by atoms with Gasteiger partial charge in [-0.15, -0.1) is 0 Å². The van der Waals surface area contributed by atoms with Gasteiger partial charge < -0.3 is 14.6 Å². The van der Waals surface area contributed by atoms with Gasteiger partial charge >= 0.3 is 0 Å². The van der Waals surface area contributed by atoms with Crippen LogP contribution in [0.5, 0.6) is 11.5 Å². The maximum Gasteiger partial charge on any atom is 0.300 e. The molecule has 0 saturated carbocycles. The summed E-state index contributed by atoms with van der Waals surface area (Å²) >= 11 is 0. The minimum absolute atomic E-state index is 0.0178. The number of ether oxygens (including phenoxy) is 2. The van der Waals surface area contributed by atoms with Crippen LogP contribution in [0.4, 0.5) is 5.69 Å². The van der Waals surface area contributed by atoms with E-state index in [0.29, 0.717) is 41.9 Å². The number of rotatable bonds is 8. The van der Waals surface area contributed by atoms with E-state index >= 15 is 0 Å². The SMILES string of the molecule is CCOc1ccc(/C(O)=C2/C(=O)C(=O)N(c3ccc(C(C)C)cc3)C2c2ccccc2)c(OCC)c1. The normalized spacial score (nSPS) is 17.0. The largest absolute Gasteiger partial charge is 0.507 e. The van der Waals surface area contributed by atoms with Gasteiger partial charge in [0.25, 0.3) is 11.7 Å². The zero-order valence-corrected chi connectivity index (χ0v) is 21.0. The van der Waals surface area contributed by atoms with Crippen molar-refractivity contribution in [1.29, 1.82) is 0 Å². The lowest BCUT2D eigenvalue weighted by atomic mass is 9.94. The fraction of sp³-hybridized carbons (Fsp3) is 0.267. The molecule has 1 fully saturated rings. The van der Waals surface area contributed by atoms with Gasteiger partial charge in [0.2, 0.25) is 0 Å². The highest BCUT2D eigenvalue weighted by Gasteiger charge is 2.47. The fourth-order valence-corrected chi connectivity index (χ4v) is 4.44. The van der Waals surface area contributed by atoms with Crippen molar-refractivity contribution in [3.8, 4) is 11.5 Å². The molecule has 1 unspecified atom stereocenters. The molecular weight excluding hydrogens is 454 g/mol. The maximum absolute atomic E-state index is 13.4. The van der Waals surface area contributed by atoms with Crippen LogP contribution in [0.25, 0.3) is 5.76 Å². The van der Waals surface area contributed by atoms with Gasteiger partial charge in [-0.1, -0.05) is 56.3 Å². The summed E-state index contributed by atoms with van der Waals surface area (Å²) in [5.41, 5.74) is 2.78. The average Bonchev–Trinajstić information content (AvgIpc) is 3.15. The maximum atomic E-state index is 13.4. The number of aliphatic hydroxyl groups is 1. The van der Waals surface area contributed by atoms with E-state index < -0.39 is 17.7 Å². The molecule has 1 aliphatic heterocycles. The Morgan fingerprint density at radius 1 is 0.917 bits per heavy atom. The number of carbonyl (C=O) groups excluding carboxylic acids is 2. The van der Waals surface area contributed by atoms with Crippen molar-refractivity contribution < 1.29 is 24.2 Å². The Hall–Kier alpha value is -4.06. The van der Waals surface area contributed by atoms with Crippen molar-refractivity contribution in [3.05, 3.63) is 95.1 Å². The molecule has 0 bridgehead atoms. The Labute approximate surface area is 211 Å². The van der Waals surface area contributed by atoms with Crippen LogP contribution in [-0.4, -0.2) is 30.0 Å². The summed E-state index contributed by atoms with van der Waals surface area (Å²) in [6.07, 6.45) is 0. The van der Waals surface area contributed by atoms with Crippen LogP contribution in [0.2, 0.25) is 0 Å². The highest BCUT2D eigenvalue weighted by Crippen LogP contribution is 2.43.